The number of hydrogen-bond acceptors (Lipinski definition) is 5. The molecule has 0 saturated carbocycles. The summed E-state index contributed by atoms with van der Waals surface area (Å²) in [5.74, 6) is 0.272. The number of amides is 1. The average Bonchev–Trinajstić information content (AvgIpc) is 2.93. The second-order valence-electron chi connectivity index (χ2n) is 5.83. The molecule has 1 fully saturated rings. The van der Waals surface area contributed by atoms with Crippen LogP contribution in [-0.4, -0.2) is 23.3 Å². The van der Waals surface area contributed by atoms with Crippen LogP contribution in [0.1, 0.15) is 16.7 Å². The highest BCUT2D eigenvalue weighted by atomic mass is 127. The minimum Gasteiger partial charge on any atom is -0.504 e. The zero-order chi connectivity index (χ0) is 18.8. The molecule has 1 saturated heterocycles. The number of carbonyl (C=O) groups is 1. The molecule has 2 aromatic rings. The van der Waals surface area contributed by atoms with Gasteiger partial charge in [0.25, 0.3) is 5.91 Å². The molecule has 1 aliphatic heterocycles. The monoisotopic (exact) mass is 480 g/mol. The van der Waals surface area contributed by atoms with Crippen LogP contribution < -0.4 is 10.1 Å². The number of aromatic hydroxyl groups is 1. The average molecular weight is 480 g/mol. The van der Waals surface area contributed by atoms with Crippen molar-refractivity contribution in [2.75, 3.05) is 7.11 Å². The van der Waals surface area contributed by atoms with E-state index in [0.29, 0.717) is 19.4 Å². The van der Waals surface area contributed by atoms with Crippen LogP contribution in [0.3, 0.4) is 0 Å². The maximum absolute atomic E-state index is 12.3. The van der Waals surface area contributed by atoms with Gasteiger partial charge in [-0.2, -0.15) is 0 Å². The Morgan fingerprint density at radius 2 is 2.04 bits per heavy atom. The van der Waals surface area contributed by atoms with E-state index in [1.165, 1.54) is 18.9 Å². The molecule has 1 heterocycles. The molecule has 1 aliphatic rings. The van der Waals surface area contributed by atoms with Crippen LogP contribution in [0.15, 0.2) is 40.2 Å². The number of halogens is 1. The van der Waals surface area contributed by atoms with Gasteiger partial charge in [0.1, 0.15) is 0 Å². The molecule has 0 aliphatic carbocycles. The third-order valence-corrected chi connectivity index (χ3v) is 5.54. The predicted molar refractivity (Wildman–Crippen MR) is 114 cm³/mol. The molecule has 3 rings (SSSR count). The van der Waals surface area contributed by atoms with Crippen LogP contribution in [0.25, 0.3) is 6.08 Å². The fourth-order valence-corrected chi connectivity index (χ4v) is 3.87. The Morgan fingerprint density at radius 1 is 1.27 bits per heavy atom. The molecule has 7 heteroatoms. The summed E-state index contributed by atoms with van der Waals surface area (Å²) in [6.45, 7) is 4.00. The number of thioether (sulfide) groups is 1. The Kier molecular flexibility index (Phi) is 5.57. The number of ether oxygens (including phenoxy) is 1. The second kappa shape index (κ2) is 7.71. The number of phenols is 1. The smallest absolute Gasteiger partial charge is 0.264 e. The molecule has 0 unspecified atom stereocenters. The van der Waals surface area contributed by atoms with Crippen LogP contribution in [0.2, 0.25) is 0 Å². The third-order valence-electron chi connectivity index (χ3n) is 3.81. The predicted octanol–water partition coefficient (Wildman–Crippen LogP) is 4.51. The van der Waals surface area contributed by atoms with Gasteiger partial charge in [-0.25, -0.2) is 4.99 Å². The quantitative estimate of drug-likeness (QED) is 0.501. The number of hydrogen-bond donors (Lipinski definition) is 2. The Bertz CT molecular complexity index is 954. The van der Waals surface area contributed by atoms with Gasteiger partial charge in [0.2, 0.25) is 0 Å². The number of benzene rings is 2. The molecule has 5 nitrogen and oxygen atoms in total. The van der Waals surface area contributed by atoms with E-state index in [1.807, 2.05) is 54.6 Å². The lowest BCUT2D eigenvalue weighted by Crippen LogP contribution is -2.19. The zero-order valence-corrected chi connectivity index (χ0v) is 17.4. The molecule has 2 aromatic carbocycles. The van der Waals surface area contributed by atoms with Gasteiger partial charge in [0, 0.05) is 0 Å². The SMILES string of the molecule is COc1cc(C=C2SC(=Nc3cc(C)ccc3C)NC2=O)cc(I)c1O. The first-order chi connectivity index (χ1) is 12.4. The highest BCUT2D eigenvalue weighted by molar-refractivity contribution is 14.1. The summed E-state index contributed by atoms with van der Waals surface area (Å²) in [5, 5.41) is 13.3. The lowest BCUT2D eigenvalue weighted by atomic mass is 10.1. The van der Waals surface area contributed by atoms with Crippen molar-refractivity contribution >= 4 is 57.2 Å². The Hall–Kier alpha value is -2.00. The molecule has 0 radical (unpaired) electrons. The summed E-state index contributed by atoms with van der Waals surface area (Å²) in [6, 6.07) is 9.52. The van der Waals surface area contributed by atoms with E-state index in [4.69, 9.17) is 4.74 Å². The van der Waals surface area contributed by atoms with E-state index in [1.54, 1.807) is 18.2 Å². The lowest BCUT2D eigenvalue weighted by Gasteiger charge is -2.06. The topological polar surface area (TPSA) is 70.9 Å². The first-order valence-corrected chi connectivity index (χ1v) is 9.70. The highest BCUT2D eigenvalue weighted by Crippen LogP contribution is 2.35. The Morgan fingerprint density at radius 3 is 2.77 bits per heavy atom. The number of nitrogens with one attached hydrogen (secondary N) is 1. The molecular formula is C19H17IN2O3S. The number of rotatable bonds is 3. The summed E-state index contributed by atoms with van der Waals surface area (Å²) < 4.78 is 5.82. The summed E-state index contributed by atoms with van der Waals surface area (Å²) in [6.07, 6.45) is 1.76. The fourth-order valence-electron chi connectivity index (χ4n) is 2.41. The molecule has 2 N–H and O–H groups in total. The van der Waals surface area contributed by atoms with E-state index in [-0.39, 0.29) is 11.7 Å². The number of aryl methyl sites for hydroxylation is 2. The van der Waals surface area contributed by atoms with Gasteiger partial charge in [-0.3, -0.25) is 4.79 Å². The lowest BCUT2D eigenvalue weighted by molar-refractivity contribution is -0.115. The normalized spacial score (nSPS) is 17.0. The maximum Gasteiger partial charge on any atom is 0.264 e. The van der Waals surface area contributed by atoms with Gasteiger partial charge in [0.15, 0.2) is 16.7 Å². The van der Waals surface area contributed by atoms with Crippen molar-refractivity contribution < 1.29 is 14.6 Å². The first-order valence-electron chi connectivity index (χ1n) is 7.80. The van der Waals surface area contributed by atoms with Crippen molar-refractivity contribution in [3.63, 3.8) is 0 Å². The van der Waals surface area contributed by atoms with E-state index in [2.05, 4.69) is 10.3 Å². The van der Waals surface area contributed by atoms with Crippen LogP contribution in [0.5, 0.6) is 11.5 Å². The Balaban J connectivity index is 1.91. The van der Waals surface area contributed by atoms with Gasteiger partial charge < -0.3 is 15.2 Å². The Labute approximate surface area is 169 Å². The van der Waals surface area contributed by atoms with Crippen molar-refractivity contribution in [3.05, 3.63) is 55.5 Å². The second-order valence-corrected chi connectivity index (χ2v) is 8.02. The number of phenolic OH excluding ortho intramolecular Hbond substituents is 1. The maximum atomic E-state index is 12.3. The number of carbonyl (C=O) groups excluding carboxylic acids is 1. The molecule has 134 valence electrons. The van der Waals surface area contributed by atoms with Gasteiger partial charge in [-0.15, -0.1) is 0 Å². The molecular weight excluding hydrogens is 463 g/mol. The van der Waals surface area contributed by atoms with E-state index in [0.717, 1.165) is 22.4 Å². The molecule has 1 amide bonds. The van der Waals surface area contributed by atoms with Crippen molar-refractivity contribution in [2.45, 2.75) is 13.8 Å². The number of nitrogens with zero attached hydrogens (tertiary/aromatic N) is 1. The van der Waals surface area contributed by atoms with Crippen LogP contribution >= 0.6 is 34.4 Å². The number of aliphatic imine (C=N–C) groups is 1. The number of methoxy groups -OCH3 is 1. The van der Waals surface area contributed by atoms with Crippen LogP contribution in [0.4, 0.5) is 5.69 Å². The van der Waals surface area contributed by atoms with E-state index in [9.17, 15) is 9.90 Å². The van der Waals surface area contributed by atoms with Gasteiger partial charge in [0.05, 0.1) is 21.3 Å². The van der Waals surface area contributed by atoms with E-state index < -0.39 is 0 Å². The highest BCUT2D eigenvalue weighted by Gasteiger charge is 2.24. The molecule has 26 heavy (non-hydrogen) atoms. The van der Waals surface area contributed by atoms with E-state index >= 15 is 0 Å². The summed E-state index contributed by atoms with van der Waals surface area (Å²) >= 11 is 3.32. The van der Waals surface area contributed by atoms with Gasteiger partial charge in [-0.05, 0) is 89.2 Å². The molecule has 0 aromatic heterocycles. The minimum absolute atomic E-state index is 0.0935. The minimum atomic E-state index is -0.193. The number of amidine groups is 1. The van der Waals surface area contributed by atoms with Crippen molar-refractivity contribution in [1.82, 2.24) is 5.32 Å². The zero-order valence-electron chi connectivity index (χ0n) is 14.5. The van der Waals surface area contributed by atoms with Crippen molar-refractivity contribution in [1.29, 1.82) is 0 Å². The third kappa shape index (κ3) is 4.04. The molecule has 0 atom stereocenters. The van der Waals surface area contributed by atoms with Gasteiger partial charge in [-0.1, -0.05) is 12.1 Å². The van der Waals surface area contributed by atoms with Crippen LogP contribution in [-0.2, 0) is 4.79 Å². The molecule has 0 bridgehead atoms. The van der Waals surface area contributed by atoms with Crippen molar-refractivity contribution in [3.8, 4) is 11.5 Å². The van der Waals surface area contributed by atoms with Gasteiger partial charge >= 0.3 is 0 Å². The summed E-state index contributed by atoms with van der Waals surface area (Å²) in [5.41, 5.74) is 3.78. The van der Waals surface area contributed by atoms with Crippen molar-refractivity contribution in [2.24, 2.45) is 4.99 Å². The fraction of sp³-hybridized carbons (Fsp3) is 0.158. The van der Waals surface area contributed by atoms with Crippen LogP contribution in [0, 0.1) is 17.4 Å². The first kappa shape index (κ1) is 18.8. The summed E-state index contributed by atoms with van der Waals surface area (Å²) in [4.78, 5) is 17.4. The molecule has 0 spiro atoms. The summed E-state index contributed by atoms with van der Waals surface area (Å²) in [7, 11) is 1.49. The standard InChI is InChI=1S/C19H17IN2O3S/c1-10-4-5-11(2)14(6-10)21-19-22-18(24)16(26-19)9-12-7-13(20)17(23)15(8-12)25-3/h4-9,23H,1-3H3,(H,21,22,24). The largest absolute Gasteiger partial charge is 0.504 e.